The summed E-state index contributed by atoms with van der Waals surface area (Å²) in [6.07, 6.45) is 0.309. The van der Waals surface area contributed by atoms with Crippen molar-refractivity contribution < 1.29 is 14.4 Å². The minimum Gasteiger partial charge on any atom is -0.370 e. The van der Waals surface area contributed by atoms with E-state index in [2.05, 4.69) is 20.9 Å². The van der Waals surface area contributed by atoms with Crippen LogP contribution >= 0.6 is 0 Å². The minimum absolute atomic E-state index is 0.0121. The predicted molar refractivity (Wildman–Crippen MR) is 152 cm³/mol. The SMILES string of the molecule is CC(C)[C@H](NC(=O)c1ccc(CN=C(N)N)cc1)C(=O)N[C@@H](Cc1ccccc1)C(=O)NCc1ccccc1. The number of rotatable bonds is 12. The summed E-state index contributed by atoms with van der Waals surface area (Å²) >= 11 is 0. The Hall–Kier alpha value is -4.66. The fraction of sp³-hybridized carbons (Fsp3) is 0.267. The minimum atomic E-state index is -0.848. The molecule has 204 valence electrons. The number of guanidine groups is 1. The van der Waals surface area contributed by atoms with Gasteiger partial charge in [-0.2, -0.15) is 0 Å². The van der Waals surface area contributed by atoms with Crippen LogP contribution in [0.25, 0.3) is 0 Å². The van der Waals surface area contributed by atoms with Gasteiger partial charge in [0.25, 0.3) is 5.91 Å². The Morgan fingerprint density at radius 2 is 1.33 bits per heavy atom. The van der Waals surface area contributed by atoms with E-state index in [1.54, 1.807) is 24.3 Å². The molecule has 0 aliphatic rings. The lowest BCUT2D eigenvalue weighted by molar-refractivity contribution is -0.130. The number of carbonyl (C=O) groups excluding carboxylic acids is 3. The summed E-state index contributed by atoms with van der Waals surface area (Å²) in [5.74, 6) is -1.37. The number of carbonyl (C=O) groups is 3. The Balaban J connectivity index is 1.70. The van der Waals surface area contributed by atoms with Gasteiger partial charge in [-0.25, -0.2) is 4.99 Å². The van der Waals surface area contributed by atoms with Gasteiger partial charge in [0.2, 0.25) is 11.8 Å². The lowest BCUT2D eigenvalue weighted by atomic mass is 10.0. The predicted octanol–water partition coefficient (Wildman–Crippen LogP) is 2.26. The number of nitrogens with one attached hydrogen (secondary N) is 3. The lowest BCUT2D eigenvalue weighted by Gasteiger charge is -2.25. The van der Waals surface area contributed by atoms with Crippen molar-refractivity contribution in [3.05, 3.63) is 107 Å². The summed E-state index contributed by atoms with van der Waals surface area (Å²) in [6.45, 7) is 4.32. The van der Waals surface area contributed by atoms with Crippen molar-refractivity contribution in [3.63, 3.8) is 0 Å². The van der Waals surface area contributed by atoms with Gasteiger partial charge >= 0.3 is 0 Å². The summed E-state index contributed by atoms with van der Waals surface area (Å²) in [7, 11) is 0. The summed E-state index contributed by atoms with van der Waals surface area (Å²) in [6, 6.07) is 24.1. The normalized spacial score (nSPS) is 12.2. The molecule has 7 N–H and O–H groups in total. The number of aliphatic imine (C=N–C) groups is 1. The average Bonchev–Trinajstić information content (AvgIpc) is 2.94. The van der Waals surface area contributed by atoms with Gasteiger partial charge in [-0.05, 0) is 34.7 Å². The Labute approximate surface area is 229 Å². The average molecular weight is 529 g/mol. The van der Waals surface area contributed by atoms with Crippen LogP contribution in [-0.2, 0) is 29.1 Å². The van der Waals surface area contributed by atoms with Gasteiger partial charge in [0, 0.05) is 18.5 Å². The fourth-order valence-electron chi connectivity index (χ4n) is 3.93. The molecule has 0 bridgehead atoms. The molecule has 39 heavy (non-hydrogen) atoms. The maximum Gasteiger partial charge on any atom is 0.251 e. The smallest absolute Gasteiger partial charge is 0.251 e. The van der Waals surface area contributed by atoms with Crippen LogP contribution in [0.1, 0.15) is 40.9 Å². The summed E-state index contributed by atoms with van der Waals surface area (Å²) < 4.78 is 0. The van der Waals surface area contributed by atoms with E-state index >= 15 is 0 Å². The molecule has 3 aromatic rings. The molecule has 9 heteroatoms. The van der Waals surface area contributed by atoms with E-state index in [0.717, 1.165) is 16.7 Å². The molecule has 0 aliphatic carbocycles. The standard InChI is InChI=1S/C30H36N6O3/c1-20(2)26(36-27(37)24-15-13-23(14-16-24)19-34-30(31)32)29(39)35-25(17-21-9-5-3-6-10-21)28(38)33-18-22-11-7-4-8-12-22/h3-16,20,25-26H,17-19H2,1-2H3,(H,33,38)(H,35,39)(H,36,37)(H4,31,32,34)/t25-,26-/m0/s1. The van der Waals surface area contributed by atoms with E-state index in [1.807, 2.05) is 74.5 Å². The second-order valence-corrected chi connectivity index (χ2v) is 9.59. The van der Waals surface area contributed by atoms with Crippen LogP contribution in [0.2, 0.25) is 0 Å². The zero-order valence-corrected chi connectivity index (χ0v) is 22.3. The highest BCUT2D eigenvalue weighted by Gasteiger charge is 2.29. The van der Waals surface area contributed by atoms with Crippen LogP contribution in [0.15, 0.2) is 89.9 Å². The molecule has 0 radical (unpaired) electrons. The molecular weight excluding hydrogens is 492 g/mol. The van der Waals surface area contributed by atoms with E-state index in [9.17, 15) is 14.4 Å². The van der Waals surface area contributed by atoms with Crippen molar-refractivity contribution in [2.24, 2.45) is 22.4 Å². The van der Waals surface area contributed by atoms with Gasteiger partial charge in [0.05, 0.1) is 6.54 Å². The maximum atomic E-state index is 13.4. The molecule has 3 amide bonds. The molecule has 2 atom stereocenters. The monoisotopic (exact) mass is 528 g/mol. The third kappa shape index (κ3) is 9.30. The van der Waals surface area contributed by atoms with Crippen LogP contribution in [0.3, 0.4) is 0 Å². The Kier molecular flexibility index (Phi) is 10.6. The summed E-state index contributed by atoms with van der Waals surface area (Å²) in [4.78, 5) is 43.5. The first-order valence-corrected chi connectivity index (χ1v) is 12.8. The van der Waals surface area contributed by atoms with Crippen molar-refractivity contribution >= 4 is 23.7 Å². The van der Waals surface area contributed by atoms with Gasteiger partial charge in [0.1, 0.15) is 12.1 Å². The molecule has 3 rings (SSSR count). The van der Waals surface area contributed by atoms with Crippen molar-refractivity contribution in [3.8, 4) is 0 Å². The van der Waals surface area contributed by atoms with Crippen molar-refractivity contribution in [2.45, 2.75) is 45.4 Å². The van der Waals surface area contributed by atoms with Crippen LogP contribution in [0.4, 0.5) is 0 Å². The molecule has 0 saturated heterocycles. The van der Waals surface area contributed by atoms with Crippen LogP contribution in [0, 0.1) is 5.92 Å². The first kappa shape index (κ1) is 28.9. The van der Waals surface area contributed by atoms with Crippen molar-refractivity contribution in [1.82, 2.24) is 16.0 Å². The highest BCUT2D eigenvalue weighted by atomic mass is 16.2. The molecule has 0 spiro atoms. The van der Waals surface area contributed by atoms with Crippen molar-refractivity contribution in [1.29, 1.82) is 0 Å². The first-order valence-electron chi connectivity index (χ1n) is 12.8. The zero-order valence-electron chi connectivity index (χ0n) is 22.3. The largest absolute Gasteiger partial charge is 0.370 e. The van der Waals surface area contributed by atoms with Gasteiger partial charge in [-0.3, -0.25) is 14.4 Å². The summed E-state index contributed by atoms with van der Waals surface area (Å²) in [5.41, 5.74) is 13.8. The third-order valence-corrected chi connectivity index (χ3v) is 6.12. The number of nitrogens with two attached hydrogens (primary N) is 2. The number of amides is 3. The Morgan fingerprint density at radius 3 is 1.90 bits per heavy atom. The third-order valence-electron chi connectivity index (χ3n) is 6.12. The topological polar surface area (TPSA) is 152 Å². The van der Waals surface area contributed by atoms with Gasteiger partial charge in [-0.1, -0.05) is 86.6 Å². The molecule has 0 unspecified atom stereocenters. The second kappa shape index (κ2) is 14.3. The van der Waals surface area contributed by atoms with Gasteiger partial charge < -0.3 is 27.4 Å². The Morgan fingerprint density at radius 1 is 0.744 bits per heavy atom. The molecular formula is C30H36N6O3. The Bertz CT molecular complexity index is 1260. The van der Waals surface area contributed by atoms with Crippen molar-refractivity contribution in [2.75, 3.05) is 0 Å². The maximum absolute atomic E-state index is 13.4. The second-order valence-electron chi connectivity index (χ2n) is 9.59. The van der Waals surface area contributed by atoms with E-state index in [0.29, 0.717) is 25.1 Å². The van der Waals surface area contributed by atoms with Gasteiger partial charge in [0.15, 0.2) is 5.96 Å². The first-order chi connectivity index (χ1) is 18.7. The molecule has 0 aromatic heterocycles. The molecule has 0 saturated carbocycles. The molecule has 9 nitrogen and oxygen atoms in total. The molecule has 0 fully saturated rings. The van der Waals surface area contributed by atoms with Gasteiger partial charge in [-0.15, -0.1) is 0 Å². The van der Waals surface area contributed by atoms with E-state index < -0.39 is 23.9 Å². The fourth-order valence-corrected chi connectivity index (χ4v) is 3.93. The number of nitrogens with zero attached hydrogens (tertiary/aromatic N) is 1. The van der Waals surface area contributed by atoms with Crippen LogP contribution < -0.4 is 27.4 Å². The van der Waals surface area contributed by atoms with E-state index in [-0.39, 0.29) is 17.8 Å². The molecule has 0 heterocycles. The summed E-state index contributed by atoms with van der Waals surface area (Å²) in [5, 5.41) is 8.61. The lowest BCUT2D eigenvalue weighted by Crippen LogP contribution is -2.56. The number of benzene rings is 3. The highest BCUT2D eigenvalue weighted by Crippen LogP contribution is 2.10. The van der Waals surface area contributed by atoms with E-state index in [4.69, 9.17) is 11.5 Å². The number of hydrogen-bond acceptors (Lipinski definition) is 4. The molecule has 3 aromatic carbocycles. The zero-order chi connectivity index (χ0) is 28.2. The molecule has 0 aliphatic heterocycles. The van der Waals surface area contributed by atoms with Crippen LogP contribution in [-0.4, -0.2) is 35.8 Å². The van der Waals surface area contributed by atoms with Crippen LogP contribution in [0.5, 0.6) is 0 Å². The quantitative estimate of drug-likeness (QED) is 0.180. The van der Waals surface area contributed by atoms with E-state index in [1.165, 1.54) is 0 Å². The highest BCUT2D eigenvalue weighted by molar-refractivity contribution is 5.98. The number of hydrogen-bond donors (Lipinski definition) is 5.